The Labute approximate surface area is 146 Å². The van der Waals surface area contributed by atoms with E-state index in [2.05, 4.69) is 4.99 Å². The van der Waals surface area contributed by atoms with E-state index in [9.17, 15) is 4.79 Å². The van der Waals surface area contributed by atoms with Crippen molar-refractivity contribution in [2.24, 2.45) is 4.99 Å². The molecule has 0 saturated carbocycles. The molecule has 118 valence electrons. The van der Waals surface area contributed by atoms with Crippen LogP contribution in [0.25, 0.3) is 0 Å². The zero-order chi connectivity index (χ0) is 16.9. The molecular weight excluding hydrogens is 318 g/mol. The van der Waals surface area contributed by atoms with Crippen molar-refractivity contribution in [1.29, 1.82) is 0 Å². The molecule has 0 aliphatic heterocycles. The second-order valence-electron chi connectivity index (χ2n) is 5.53. The van der Waals surface area contributed by atoms with Crippen LogP contribution in [0.2, 0.25) is 5.02 Å². The minimum absolute atomic E-state index is 0.0254. The van der Waals surface area contributed by atoms with Crippen LogP contribution in [0.4, 0.5) is 5.69 Å². The summed E-state index contributed by atoms with van der Waals surface area (Å²) in [5, 5.41) is 0.683. The molecule has 0 heterocycles. The van der Waals surface area contributed by atoms with Crippen LogP contribution in [-0.2, 0) is 0 Å². The first kappa shape index (κ1) is 16.2. The summed E-state index contributed by atoms with van der Waals surface area (Å²) < 4.78 is 0. The van der Waals surface area contributed by atoms with E-state index in [0.29, 0.717) is 21.8 Å². The average molecular weight is 334 g/mol. The maximum absolute atomic E-state index is 12.8. The predicted octanol–water partition coefficient (Wildman–Crippen LogP) is 5.63. The molecule has 2 nitrogen and oxygen atoms in total. The summed E-state index contributed by atoms with van der Waals surface area (Å²) >= 11 is 5.89. The van der Waals surface area contributed by atoms with Crippen molar-refractivity contribution in [1.82, 2.24) is 0 Å². The van der Waals surface area contributed by atoms with Gasteiger partial charge in [-0.2, -0.15) is 0 Å². The van der Waals surface area contributed by atoms with Gasteiger partial charge in [0, 0.05) is 22.4 Å². The molecular formula is C21H16ClNO. The molecule has 3 aromatic rings. The second kappa shape index (κ2) is 7.24. The molecule has 0 fully saturated rings. The van der Waals surface area contributed by atoms with Crippen LogP contribution in [0, 0.1) is 6.92 Å². The number of carbonyl (C=O) groups excluding carboxylic acids is 1. The van der Waals surface area contributed by atoms with Crippen LogP contribution in [0.15, 0.2) is 77.8 Å². The molecule has 3 rings (SSSR count). The van der Waals surface area contributed by atoms with Crippen LogP contribution < -0.4 is 0 Å². The molecule has 0 N–H and O–H groups in total. The van der Waals surface area contributed by atoms with Gasteiger partial charge in [0.15, 0.2) is 5.78 Å². The molecule has 0 saturated heterocycles. The van der Waals surface area contributed by atoms with Crippen molar-refractivity contribution in [2.45, 2.75) is 6.92 Å². The number of hydrogen-bond acceptors (Lipinski definition) is 2. The molecule has 3 heteroatoms. The quantitative estimate of drug-likeness (QED) is 0.449. The molecule has 0 aromatic heterocycles. The summed E-state index contributed by atoms with van der Waals surface area (Å²) in [5.41, 5.74) is 3.87. The standard InChI is InChI=1S/C21H16ClNO/c1-15-7-12-20(23-14-16-8-10-18(22)11-9-16)19(13-15)21(24)17-5-3-2-4-6-17/h2-14H,1H3. The van der Waals surface area contributed by atoms with E-state index in [-0.39, 0.29) is 5.78 Å². The maximum Gasteiger partial charge on any atom is 0.195 e. The van der Waals surface area contributed by atoms with Crippen molar-refractivity contribution in [3.63, 3.8) is 0 Å². The van der Waals surface area contributed by atoms with Gasteiger partial charge in [0.25, 0.3) is 0 Å². The Balaban J connectivity index is 1.97. The van der Waals surface area contributed by atoms with Crippen LogP contribution in [0.5, 0.6) is 0 Å². The highest BCUT2D eigenvalue weighted by atomic mass is 35.5. The Morgan fingerprint density at radius 2 is 1.67 bits per heavy atom. The lowest BCUT2D eigenvalue weighted by Gasteiger charge is -2.06. The number of aryl methyl sites for hydroxylation is 1. The minimum Gasteiger partial charge on any atom is -0.289 e. The number of aliphatic imine (C=N–C) groups is 1. The van der Waals surface area contributed by atoms with Crippen molar-refractivity contribution >= 4 is 29.3 Å². The fraction of sp³-hybridized carbons (Fsp3) is 0.0476. The van der Waals surface area contributed by atoms with Crippen LogP contribution >= 0.6 is 11.6 Å². The zero-order valence-corrected chi connectivity index (χ0v) is 14.0. The first-order valence-electron chi connectivity index (χ1n) is 7.63. The van der Waals surface area contributed by atoms with Gasteiger partial charge in [0.2, 0.25) is 0 Å². The predicted molar refractivity (Wildman–Crippen MR) is 99.8 cm³/mol. The van der Waals surface area contributed by atoms with Crippen LogP contribution in [0.1, 0.15) is 27.0 Å². The minimum atomic E-state index is -0.0254. The Kier molecular flexibility index (Phi) is 4.88. The molecule has 0 bridgehead atoms. The van der Waals surface area contributed by atoms with Gasteiger partial charge >= 0.3 is 0 Å². The fourth-order valence-corrected chi connectivity index (χ4v) is 2.51. The topological polar surface area (TPSA) is 29.4 Å². The molecule has 0 unspecified atom stereocenters. The van der Waals surface area contributed by atoms with E-state index >= 15 is 0 Å². The number of carbonyl (C=O) groups is 1. The van der Waals surface area contributed by atoms with Gasteiger partial charge in [-0.1, -0.05) is 65.7 Å². The van der Waals surface area contributed by atoms with Gasteiger partial charge < -0.3 is 0 Å². The molecule has 0 amide bonds. The van der Waals surface area contributed by atoms with Gasteiger partial charge in [-0.3, -0.25) is 9.79 Å². The summed E-state index contributed by atoms with van der Waals surface area (Å²) in [7, 11) is 0. The molecule has 0 aliphatic rings. The summed E-state index contributed by atoms with van der Waals surface area (Å²) in [4.78, 5) is 17.3. The molecule has 0 aliphatic carbocycles. The highest BCUT2D eigenvalue weighted by Crippen LogP contribution is 2.24. The summed E-state index contributed by atoms with van der Waals surface area (Å²) in [6.07, 6.45) is 1.74. The van der Waals surface area contributed by atoms with Gasteiger partial charge in [-0.15, -0.1) is 0 Å². The largest absolute Gasteiger partial charge is 0.289 e. The van der Waals surface area contributed by atoms with Gasteiger partial charge in [0.05, 0.1) is 5.69 Å². The Morgan fingerprint density at radius 1 is 0.958 bits per heavy atom. The molecule has 3 aromatic carbocycles. The zero-order valence-electron chi connectivity index (χ0n) is 13.2. The number of rotatable bonds is 4. The summed E-state index contributed by atoms with van der Waals surface area (Å²) in [6, 6.07) is 22.4. The Morgan fingerprint density at radius 3 is 2.38 bits per heavy atom. The first-order chi connectivity index (χ1) is 11.6. The number of halogens is 1. The van der Waals surface area contributed by atoms with Crippen molar-refractivity contribution in [3.05, 3.63) is 100 Å². The SMILES string of the molecule is Cc1ccc(N=Cc2ccc(Cl)cc2)c(C(=O)c2ccccc2)c1. The van der Waals surface area contributed by atoms with E-state index in [0.717, 1.165) is 11.1 Å². The van der Waals surface area contributed by atoms with Gasteiger partial charge in [-0.05, 0) is 36.8 Å². The van der Waals surface area contributed by atoms with Crippen molar-refractivity contribution < 1.29 is 4.79 Å². The number of nitrogens with zero attached hydrogens (tertiary/aromatic N) is 1. The van der Waals surface area contributed by atoms with Crippen molar-refractivity contribution in [2.75, 3.05) is 0 Å². The third-order valence-electron chi connectivity index (χ3n) is 3.66. The van der Waals surface area contributed by atoms with E-state index in [4.69, 9.17) is 11.6 Å². The van der Waals surface area contributed by atoms with Crippen LogP contribution in [0.3, 0.4) is 0 Å². The number of ketones is 1. The highest BCUT2D eigenvalue weighted by Gasteiger charge is 2.13. The monoisotopic (exact) mass is 333 g/mol. The van der Waals surface area contributed by atoms with E-state index in [1.165, 1.54) is 0 Å². The maximum atomic E-state index is 12.8. The number of benzene rings is 3. The molecule has 0 atom stereocenters. The van der Waals surface area contributed by atoms with Crippen molar-refractivity contribution in [3.8, 4) is 0 Å². The smallest absolute Gasteiger partial charge is 0.195 e. The van der Waals surface area contributed by atoms with E-state index < -0.39 is 0 Å². The molecule has 0 radical (unpaired) electrons. The number of hydrogen-bond donors (Lipinski definition) is 0. The molecule has 0 spiro atoms. The lowest BCUT2D eigenvalue weighted by atomic mass is 10.00. The normalized spacial score (nSPS) is 10.9. The van der Waals surface area contributed by atoms with E-state index in [1.807, 2.05) is 79.7 Å². The average Bonchev–Trinajstić information content (AvgIpc) is 2.62. The van der Waals surface area contributed by atoms with Gasteiger partial charge in [0.1, 0.15) is 0 Å². The second-order valence-corrected chi connectivity index (χ2v) is 5.96. The Bertz CT molecular complexity index is 883. The van der Waals surface area contributed by atoms with E-state index in [1.54, 1.807) is 6.21 Å². The molecule has 24 heavy (non-hydrogen) atoms. The lowest BCUT2D eigenvalue weighted by molar-refractivity contribution is 0.103. The third kappa shape index (κ3) is 3.79. The highest BCUT2D eigenvalue weighted by molar-refractivity contribution is 6.30. The lowest BCUT2D eigenvalue weighted by Crippen LogP contribution is -2.02. The fourth-order valence-electron chi connectivity index (χ4n) is 2.38. The van der Waals surface area contributed by atoms with Gasteiger partial charge in [-0.25, -0.2) is 0 Å². The first-order valence-corrected chi connectivity index (χ1v) is 8.01. The Hall–Kier alpha value is -2.71. The summed E-state index contributed by atoms with van der Waals surface area (Å²) in [6.45, 7) is 1.97. The summed E-state index contributed by atoms with van der Waals surface area (Å²) in [5.74, 6) is -0.0254. The van der Waals surface area contributed by atoms with Crippen LogP contribution in [-0.4, -0.2) is 12.0 Å². The third-order valence-corrected chi connectivity index (χ3v) is 3.91.